The van der Waals surface area contributed by atoms with Crippen LogP contribution in [0.25, 0.3) is 0 Å². The molecule has 2 amide bonds. The van der Waals surface area contributed by atoms with Crippen LogP contribution in [0.3, 0.4) is 0 Å². The molecule has 0 radical (unpaired) electrons. The molecule has 2 rings (SSSR count). The van der Waals surface area contributed by atoms with E-state index in [9.17, 15) is 9.59 Å². The Kier molecular flexibility index (Phi) is 9.54. The van der Waals surface area contributed by atoms with Gasteiger partial charge >= 0.3 is 18.0 Å². The molecule has 1 fully saturated rings. The Morgan fingerprint density at radius 2 is 1.78 bits per heavy atom. The molecule has 1 aliphatic heterocycles. The highest BCUT2D eigenvalue weighted by molar-refractivity contribution is 6.27. The number of ether oxygens (including phenoxy) is 1. The topological polar surface area (TPSA) is 150 Å². The van der Waals surface area contributed by atoms with Crippen LogP contribution in [0.2, 0.25) is 0 Å². The molecule has 2 heterocycles. The van der Waals surface area contributed by atoms with Gasteiger partial charge in [0.15, 0.2) is 5.76 Å². The number of carboxylic acids is 2. The third kappa shape index (κ3) is 8.33. The van der Waals surface area contributed by atoms with E-state index in [4.69, 9.17) is 29.0 Å². The molecule has 150 valence electrons. The predicted molar refractivity (Wildman–Crippen MR) is 91.6 cm³/mol. The minimum Gasteiger partial charge on any atom is -0.473 e. The number of hydrogen-bond donors (Lipinski definition) is 3. The number of furan rings is 1. The smallest absolute Gasteiger partial charge is 0.414 e. The average Bonchev–Trinajstić information content (AvgIpc) is 3.18. The summed E-state index contributed by atoms with van der Waals surface area (Å²) >= 11 is 0. The normalized spacial score (nSPS) is 14.0. The monoisotopic (exact) mass is 385 g/mol. The molecule has 3 N–H and O–H groups in total. The van der Waals surface area contributed by atoms with Gasteiger partial charge in [-0.1, -0.05) is 0 Å². The molecule has 1 aromatic rings. The molecule has 11 nitrogen and oxygen atoms in total. The second-order valence-electron chi connectivity index (χ2n) is 5.50. The number of Topliss-reactive ketones (excluding diaryl/α,β-unsaturated/α-hetero) is 1. The lowest BCUT2D eigenvalue weighted by molar-refractivity contribution is -0.159. The van der Waals surface area contributed by atoms with E-state index in [2.05, 4.69) is 5.32 Å². The van der Waals surface area contributed by atoms with Crippen molar-refractivity contribution in [3.63, 3.8) is 0 Å². The van der Waals surface area contributed by atoms with E-state index in [1.54, 1.807) is 24.1 Å². The Morgan fingerprint density at radius 1 is 1.15 bits per heavy atom. The lowest BCUT2D eigenvalue weighted by Gasteiger charge is -2.34. The van der Waals surface area contributed by atoms with Crippen molar-refractivity contribution >= 4 is 23.8 Å². The van der Waals surface area contributed by atoms with Gasteiger partial charge in [0.05, 0.1) is 19.4 Å². The molecule has 1 saturated heterocycles. The van der Waals surface area contributed by atoms with Gasteiger partial charge in [-0.15, -0.1) is 0 Å². The van der Waals surface area contributed by atoms with Gasteiger partial charge in [0, 0.05) is 39.8 Å². The predicted octanol–water partition coefficient (Wildman–Crippen LogP) is -0.408. The SMILES string of the molecule is COCCNC(=O)N1CCN(CC(=O)c2ccco2)CC1.O=C(O)C(=O)O. The summed E-state index contributed by atoms with van der Waals surface area (Å²) in [5.74, 6) is -3.29. The van der Waals surface area contributed by atoms with Crippen LogP contribution in [0.5, 0.6) is 0 Å². The van der Waals surface area contributed by atoms with Crippen molar-refractivity contribution in [3.05, 3.63) is 24.2 Å². The first-order valence-electron chi connectivity index (χ1n) is 8.12. The number of amides is 2. The molecule has 0 unspecified atom stereocenters. The van der Waals surface area contributed by atoms with Gasteiger partial charge in [0.2, 0.25) is 5.78 Å². The average molecular weight is 385 g/mol. The molecule has 0 bridgehead atoms. The van der Waals surface area contributed by atoms with Gasteiger partial charge in [0.1, 0.15) is 0 Å². The number of methoxy groups -OCH3 is 1. The maximum atomic E-state index is 11.9. The van der Waals surface area contributed by atoms with E-state index >= 15 is 0 Å². The Morgan fingerprint density at radius 3 is 2.26 bits per heavy atom. The second-order valence-corrected chi connectivity index (χ2v) is 5.50. The van der Waals surface area contributed by atoms with E-state index in [-0.39, 0.29) is 11.8 Å². The zero-order valence-corrected chi connectivity index (χ0v) is 14.9. The summed E-state index contributed by atoms with van der Waals surface area (Å²) in [5.41, 5.74) is 0. The van der Waals surface area contributed by atoms with Gasteiger partial charge < -0.3 is 29.6 Å². The number of nitrogens with one attached hydrogen (secondary N) is 1. The van der Waals surface area contributed by atoms with Crippen LogP contribution >= 0.6 is 0 Å². The molecule has 1 aliphatic rings. The fourth-order valence-electron chi connectivity index (χ4n) is 2.20. The summed E-state index contributed by atoms with van der Waals surface area (Å²) in [7, 11) is 1.60. The Balaban J connectivity index is 0.000000527. The molecule has 1 aromatic heterocycles. The van der Waals surface area contributed by atoms with Gasteiger partial charge in [0.25, 0.3) is 0 Å². The van der Waals surface area contributed by atoms with Crippen LogP contribution in [-0.4, -0.2) is 96.8 Å². The number of ketones is 1. The molecular formula is C16H23N3O8. The summed E-state index contributed by atoms with van der Waals surface area (Å²) < 4.78 is 9.98. The second kappa shape index (κ2) is 11.6. The summed E-state index contributed by atoms with van der Waals surface area (Å²) in [4.78, 5) is 45.8. The minimum atomic E-state index is -1.82. The number of hydrogen-bond acceptors (Lipinski definition) is 7. The lowest BCUT2D eigenvalue weighted by atomic mass is 10.2. The number of carbonyl (C=O) groups is 4. The molecule has 0 saturated carbocycles. The zero-order chi connectivity index (χ0) is 20.2. The molecule has 27 heavy (non-hydrogen) atoms. The number of carbonyl (C=O) groups excluding carboxylic acids is 2. The van der Waals surface area contributed by atoms with Crippen molar-refractivity contribution in [2.45, 2.75) is 0 Å². The highest BCUT2D eigenvalue weighted by Crippen LogP contribution is 2.06. The summed E-state index contributed by atoms with van der Waals surface area (Å²) in [5, 5.41) is 17.6. The molecule has 0 aliphatic carbocycles. The van der Waals surface area contributed by atoms with Crippen LogP contribution in [0.15, 0.2) is 22.8 Å². The van der Waals surface area contributed by atoms with E-state index < -0.39 is 11.9 Å². The summed E-state index contributed by atoms with van der Waals surface area (Å²) in [6.07, 6.45) is 1.50. The quantitative estimate of drug-likeness (QED) is 0.337. The van der Waals surface area contributed by atoms with Gasteiger partial charge in [-0.2, -0.15) is 0 Å². The number of carboxylic acid groups (broad SMARTS) is 2. The minimum absolute atomic E-state index is 0.0296. The van der Waals surface area contributed by atoms with Crippen LogP contribution in [0.4, 0.5) is 4.79 Å². The Bertz CT molecular complexity index is 612. The first-order valence-corrected chi connectivity index (χ1v) is 8.12. The third-order valence-electron chi connectivity index (χ3n) is 3.59. The van der Waals surface area contributed by atoms with Gasteiger partial charge in [-0.3, -0.25) is 9.69 Å². The highest BCUT2D eigenvalue weighted by atomic mass is 16.5. The van der Waals surface area contributed by atoms with Crippen molar-refractivity contribution in [1.82, 2.24) is 15.1 Å². The van der Waals surface area contributed by atoms with Gasteiger partial charge in [-0.25, -0.2) is 14.4 Å². The summed E-state index contributed by atoms with van der Waals surface area (Å²) in [6, 6.07) is 3.29. The molecule has 0 aromatic carbocycles. The van der Waals surface area contributed by atoms with Crippen LogP contribution in [0, 0.1) is 0 Å². The van der Waals surface area contributed by atoms with E-state index in [1.165, 1.54) is 6.26 Å². The van der Waals surface area contributed by atoms with Crippen molar-refractivity contribution in [2.75, 3.05) is 53.0 Å². The van der Waals surface area contributed by atoms with Gasteiger partial charge in [-0.05, 0) is 12.1 Å². The summed E-state index contributed by atoms with van der Waals surface area (Å²) in [6.45, 7) is 3.94. The third-order valence-corrected chi connectivity index (χ3v) is 3.59. The van der Waals surface area contributed by atoms with Crippen LogP contribution in [-0.2, 0) is 14.3 Å². The fraction of sp³-hybridized carbons (Fsp3) is 0.500. The van der Waals surface area contributed by atoms with Crippen molar-refractivity contribution in [1.29, 1.82) is 0 Å². The number of piperazine rings is 1. The fourth-order valence-corrected chi connectivity index (χ4v) is 2.20. The van der Waals surface area contributed by atoms with E-state index in [1.807, 2.05) is 4.90 Å². The maximum absolute atomic E-state index is 11.9. The largest absolute Gasteiger partial charge is 0.473 e. The Hall–Kier alpha value is -2.92. The van der Waals surface area contributed by atoms with E-state index in [0.717, 1.165) is 0 Å². The molecule has 11 heteroatoms. The number of aliphatic carboxylic acids is 2. The first-order chi connectivity index (χ1) is 12.8. The lowest BCUT2D eigenvalue weighted by Crippen LogP contribution is -2.52. The molecular weight excluding hydrogens is 362 g/mol. The van der Waals surface area contributed by atoms with Crippen molar-refractivity contribution in [3.8, 4) is 0 Å². The number of rotatable bonds is 6. The molecule has 0 atom stereocenters. The van der Waals surface area contributed by atoms with Crippen molar-refractivity contribution in [2.24, 2.45) is 0 Å². The first kappa shape index (κ1) is 22.1. The van der Waals surface area contributed by atoms with Crippen LogP contribution in [0.1, 0.15) is 10.6 Å². The van der Waals surface area contributed by atoms with Crippen molar-refractivity contribution < 1.29 is 38.5 Å². The number of urea groups is 1. The standard InChI is InChI=1S/C14H21N3O4.C2H2O4/c1-20-10-4-15-14(19)17-7-5-16(6-8-17)11-12(18)13-3-2-9-21-13;3-1(4)2(5)6/h2-3,9H,4-8,10-11H2,1H3,(H,15,19);(H,3,4)(H,5,6). The highest BCUT2D eigenvalue weighted by Gasteiger charge is 2.23. The number of nitrogens with zero attached hydrogens (tertiary/aromatic N) is 2. The zero-order valence-electron chi connectivity index (χ0n) is 14.9. The van der Waals surface area contributed by atoms with Crippen LogP contribution < -0.4 is 5.32 Å². The Labute approximate surface area is 155 Å². The molecule has 0 spiro atoms. The maximum Gasteiger partial charge on any atom is 0.414 e. The van der Waals surface area contributed by atoms with E-state index in [0.29, 0.717) is 51.6 Å².